The van der Waals surface area contributed by atoms with Gasteiger partial charge in [0.1, 0.15) is 0 Å². The van der Waals surface area contributed by atoms with Crippen LogP contribution in [0.25, 0.3) is 0 Å². The van der Waals surface area contributed by atoms with Crippen LogP contribution in [0.15, 0.2) is 12.7 Å². The van der Waals surface area contributed by atoms with Crippen molar-refractivity contribution >= 4 is 0 Å². The minimum absolute atomic E-state index is 0.342. The molecular weight excluding hydrogens is 162 g/mol. The van der Waals surface area contributed by atoms with E-state index in [4.69, 9.17) is 4.74 Å². The van der Waals surface area contributed by atoms with Crippen LogP contribution in [-0.4, -0.2) is 26.3 Å². The highest BCUT2D eigenvalue weighted by molar-refractivity contribution is 4.76. The van der Waals surface area contributed by atoms with E-state index in [0.29, 0.717) is 12.1 Å². The van der Waals surface area contributed by atoms with Gasteiger partial charge in [0.25, 0.3) is 0 Å². The van der Waals surface area contributed by atoms with Crippen LogP contribution >= 0.6 is 0 Å². The van der Waals surface area contributed by atoms with Crippen molar-refractivity contribution in [3.05, 3.63) is 12.7 Å². The van der Waals surface area contributed by atoms with Crippen LogP contribution in [0.2, 0.25) is 0 Å². The smallest absolute Gasteiger partial charge is 0.0721 e. The molecule has 0 heterocycles. The zero-order chi connectivity index (χ0) is 10.1. The molecule has 0 aliphatic carbocycles. The summed E-state index contributed by atoms with van der Waals surface area (Å²) in [4.78, 5) is 0. The molecule has 0 aromatic rings. The van der Waals surface area contributed by atoms with Crippen LogP contribution in [0.1, 0.15) is 32.6 Å². The summed E-state index contributed by atoms with van der Waals surface area (Å²) < 4.78 is 5.39. The van der Waals surface area contributed by atoms with E-state index in [2.05, 4.69) is 18.8 Å². The van der Waals surface area contributed by atoms with E-state index in [0.717, 1.165) is 19.3 Å². The van der Waals surface area contributed by atoms with Crippen LogP contribution in [0, 0.1) is 0 Å². The Morgan fingerprint density at radius 1 is 1.54 bits per heavy atom. The predicted molar refractivity (Wildman–Crippen MR) is 58.0 cm³/mol. The van der Waals surface area contributed by atoms with E-state index in [1.807, 2.05) is 13.1 Å². The zero-order valence-corrected chi connectivity index (χ0v) is 9.18. The molecule has 0 aliphatic rings. The van der Waals surface area contributed by atoms with Crippen molar-refractivity contribution in [2.75, 3.05) is 14.2 Å². The molecule has 0 aromatic heterocycles. The van der Waals surface area contributed by atoms with E-state index < -0.39 is 0 Å². The lowest BCUT2D eigenvalue weighted by Crippen LogP contribution is -2.38. The lowest BCUT2D eigenvalue weighted by atomic mass is 10.0. The van der Waals surface area contributed by atoms with Gasteiger partial charge < -0.3 is 10.1 Å². The Labute approximate surface area is 82.4 Å². The third kappa shape index (κ3) is 5.06. The monoisotopic (exact) mass is 185 g/mol. The van der Waals surface area contributed by atoms with Gasteiger partial charge in [-0.1, -0.05) is 13.0 Å². The van der Waals surface area contributed by atoms with E-state index in [1.54, 1.807) is 7.11 Å². The maximum atomic E-state index is 5.39. The first-order chi connectivity index (χ1) is 6.29. The van der Waals surface area contributed by atoms with E-state index in [-0.39, 0.29) is 0 Å². The lowest BCUT2D eigenvalue weighted by Gasteiger charge is -2.24. The summed E-state index contributed by atoms with van der Waals surface area (Å²) >= 11 is 0. The molecule has 0 aromatic carbocycles. The average molecular weight is 185 g/mol. The zero-order valence-electron chi connectivity index (χ0n) is 9.18. The molecule has 0 spiro atoms. The highest BCUT2D eigenvalue weighted by Crippen LogP contribution is 2.10. The molecule has 0 bridgehead atoms. The van der Waals surface area contributed by atoms with E-state index >= 15 is 0 Å². The molecule has 0 amide bonds. The molecule has 2 atom stereocenters. The van der Waals surface area contributed by atoms with Gasteiger partial charge in [-0.2, -0.15) is 0 Å². The number of allylic oxidation sites excluding steroid dienone is 1. The first kappa shape index (κ1) is 12.7. The first-order valence-corrected chi connectivity index (χ1v) is 5.11. The highest BCUT2D eigenvalue weighted by atomic mass is 16.5. The van der Waals surface area contributed by atoms with Crippen molar-refractivity contribution in [2.45, 2.75) is 44.8 Å². The number of likely N-dealkylation sites (N-methyl/N-ethyl adjacent to an activating group) is 1. The highest BCUT2D eigenvalue weighted by Gasteiger charge is 2.16. The van der Waals surface area contributed by atoms with Crippen LogP contribution in [0.5, 0.6) is 0 Å². The van der Waals surface area contributed by atoms with Crippen LogP contribution in [0.3, 0.4) is 0 Å². The summed E-state index contributed by atoms with van der Waals surface area (Å²) in [5, 5.41) is 3.30. The normalized spacial score (nSPS) is 15.3. The van der Waals surface area contributed by atoms with Crippen molar-refractivity contribution in [3.8, 4) is 0 Å². The SMILES string of the molecule is C=CCCCC(NC)C(CC)OC. The molecule has 0 saturated heterocycles. The van der Waals surface area contributed by atoms with Crippen molar-refractivity contribution in [1.82, 2.24) is 5.32 Å². The van der Waals surface area contributed by atoms with Crippen molar-refractivity contribution in [1.29, 1.82) is 0 Å². The predicted octanol–water partition coefficient (Wildman–Crippen LogP) is 2.36. The molecule has 0 saturated carbocycles. The molecular formula is C11H23NO. The fourth-order valence-electron chi connectivity index (χ4n) is 1.61. The number of rotatable bonds is 8. The van der Waals surface area contributed by atoms with Gasteiger partial charge in [0, 0.05) is 13.2 Å². The molecule has 2 nitrogen and oxygen atoms in total. The van der Waals surface area contributed by atoms with Crippen molar-refractivity contribution in [3.63, 3.8) is 0 Å². The lowest BCUT2D eigenvalue weighted by molar-refractivity contribution is 0.0644. The quantitative estimate of drug-likeness (QED) is 0.463. The van der Waals surface area contributed by atoms with Gasteiger partial charge in [0.2, 0.25) is 0 Å². The van der Waals surface area contributed by atoms with Gasteiger partial charge in [-0.15, -0.1) is 6.58 Å². The first-order valence-electron chi connectivity index (χ1n) is 5.11. The maximum absolute atomic E-state index is 5.39. The number of methoxy groups -OCH3 is 1. The third-order valence-corrected chi connectivity index (χ3v) is 2.45. The maximum Gasteiger partial charge on any atom is 0.0721 e. The molecule has 0 radical (unpaired) electrons. The second kappa shape index (κ2) is 8.27. The Bertz CT molecular complexity index is 121. The fourth-order valence-corrected chi connectivity index (χ4v) is 1.61. The average Bonchev–Trinajstić information content (AvgIpc) is 2.17. The topological polar surface area (TPSA) is 21.3 Å². The van der Waals surface area contributed by atoms with Crippen LogP contribution in [0.4, 0.5) is 0 Å². The number of hydrogen-bond donors (Lipinski definition) is 1. The van der Waals surface area contributed by atoms with Crippen molar-refractivity contribution in [2.24, 2.45) is 0 Å². The third-order valence-electron chi connectivity index (χ3n) is 2.45. The van der Waals surface area contributed by atoms with Gasteiger partial charge in [-0.05, 0) is 32.7 Å². The minimum Gasteiger partial charge on any atom is -0.380 e. The number of ether oxygens (including phenoxy) is 1. The Morgan fingerprint density at radius 3 is 2.62 bits per heavy atom. The van der Waals surface area contributed by atoms with Crippen LogP contribution in [-0.2, 0) is 4.74 Å². The minimum atomic E-state index is 0.342. The number of nitrogens with one attached hydrogen (secondary N) is 1. The molecule has 2 heteroatoms. The number of hydrogen-bond acceptors (Lipinski definition) is 2. The van der Waals surface area contributed by atoms with Crippen molar-refractivity contribution < 1.29 is 4.74 Å². The van der Waals surface area contributed by atoms with Gasteiger partial charge in [0.15, 0.2) is 0 Å². The fraction of sp³-hybridized carbons (Fsp3) is 0.818. The molecule has 13 heavy (non-hydrogen) atoms. The summed E-state index contributed by atoms with van der Waals surface area (Å²) in [6, 6.07) is 0.481. The van der Waals surface area contributed by atoms with Gasteiger partial charge >= 0.3 is 0 Å². The Balaban J connectivity index is 3.77. The summed E-state index contributed by atoms with van der Waals surface area (Å²) in [5.41, 5.74) is 0. The van der Waals surface area contributed by atoms with Gasteiger partial charge in [-0.25, -0.2) is 0 Å². The Hall–Kier alpha value is -0.340. The molecule has 1 N–H and O–H groups in total. The van der Waals surface area contributed by atoms with E-state index in [1.165, 1.54) is 6.42 Å². The summed E-state index contributed by atoms with van der Waals surface area (Å²) in [5.74, 6) is 0. The summed E-state index contributed by atoms with van der Waals surface area (Å²) in [6.45, 7) is 5.88. The molecule has 0 fully saturated rings. The molecule has 0 aliphatic heterocycles. The van der Waals surface area contributed by atoms with Gasteiger partial charge in [0.05, 0.1) is 6.10 Å². The van der Waals surface area contributed by atoms with E-state index in [9.17, 15) is 0 Å². The second-order valence-electron chi connectivity index (χ2n) is 3.30. The molecule has 2 unspecified atom stereocenters. The Kier molecular flexibility index (Phi) is 8.05. The summed E-state index contributed by atoms with van der Waals surface area (Å²) in [6.07, 6.45) is 6.83. The Morgan fingerprint density at radius 2 is 2.23 bits per heavy atom. The molecule has 78 valence electrons. The number of unbranched alkanes of at least 4 members (excludes halogenated alkanes) is 1. The van der Waals surface area contributed by atoms with Gasteiger partial charge in [-0.3, -0.25) is 0 Å². The molecule has 0 rings (SSSR count). The largest absolute Gasteiger partial charge is 0.380 e. The van der Waals surface area contributed by atoms with Crippen LogP contribution < -0.4 is 5.32 Å². The summed E-state index contributed by atoms with van der Waals surface area (Å²) in [7, 11) is 3.78. The standard InChI is InChI=1S/C11H23NO/c1-5-7-8-9-10(12-3)11(6-2)13-4/h5,10-12H,1,6-9H2,2-4H3. The second-order valence-corrected chi connectivity index (χ2v) is 3.30.